The van der Waals surface area contributed by atoms with Crippen molar-refractivity contribution >= 4 is 5.97 Å². The summed E-state index contributed by atoms with van der Waals surface area (Å²) in [7, 11) is 1.00. The van der Waals surface area contributed by atoms with Gasteiger partial charge in [0.25, 0.3) is 0 Å². The van der Waals surface area contributed by atoms with Crippen LogP contribution in [-0.2, 0) is 10.9 Å². The SMILES string of the molecule is CCOc1cc(C(F)(F)F)cc(C(=O)OC)c1O. The Balaban J connectivity index is 3.41. The van der Waals surface area contributed by atoms with E-state index in [1.54, 1.807) is 0 Å². The summed E-state index contributed by atoms with van der Waals surface area (Å²) in [5.74, 6) is -2.15. The predicted molar refractivity (Wildman–Crippen MR) is 55.6 cm³/mol. The van der Waals surface area contributed by atoms with Crippen molar-refractivity contribution in [3.05, 3.63) is 23.3 Å². The van der Waals surface area contributed by atoms with Gasteiger partial charge in [0, 0.05) is 0 Å². The van der Waals surface area contributed by atoms with Gasteiger partial charge in [0.2, 0.25) is 0 Å². The maximum absolute atomic E-state index is 12.6. The number of benzene rings is 1. The molecule has 0 spiro atoms. The highest BCUT2D eigenvalue weighted by Gasteiger charge is 2.33. The minimum absolute atomic E-state index is 0.0511. The molecule has 7 heteroatoms. The fourth-order valence-corrected chi connectivity index (χ4v) is 1.30. The van der Waals surface area contributed by atoms with E-state index in [0.717, 1.165) is 7.11 Å². The maximum atomic E-state index is 12.6. The molecule has 0 aliphatic heterocycles. The maximum Gasteiger partial charge on any atom is 0.416 e. The first-order chi connectivity index (χ1) is 8.31. The summed E-state index contributed by atoms with van der Waals surface area (Å²) in [5, 5.41) is 9.62. The molecule has 0 aromatic heterocycles. The van der Waals surface area contributed by atoms with E-state index in [9.17, 15) is 23.1 Å². The van der Waals surface area contributed by atoms with Crippen LogP contribution in [0.5, 0.6) is 11.5 Å². The van der Waals surface area contributed by atoms with Gasteiger partial charge in [-0.15, -0.1) is 0 Å². The van der Waals surface area contributed by atoms with Crippen LogP contribution in [0.25, 0.3) is 0 Å². The normalized spacial score (nSPS) is 11.2. The van der Waals surface area contributed by atoms with Crippen LogP contribution in [0.3, 0.4) is 0 Å². The summed E-state index contributed by atoms with van der Waals surface area (Å²) < 4.78 is 46.9. The number of methoxy groups -OCH3 is 1. The van der Waals surface area contributed by atoms with E-state index in [-0.39, 0.29) is 6.61 Å². The third-order valence-corrected chi connectivity index (χ3v) is 2.11. The van der Waals surface area contributed by atoms with Crippen molar-refractivity contribution < 1.29 is 32.5 Å². The van der Waals surface area contributed by atoms with Crippen molar-refractivity contribution in [2.24, 2.45) is 0 Å². The van der Waals surface area contributed by atoms with Crippen LogP contribution in [0.1, 0.15) is 22.8 Å². The quantitative estimate of drug-likeness (QED) is 0.852. The number of hydrogen-bond acceptors (Lipinski definition) is 4. The summed E-state index contributed by atoms with van der Waals surface area (Å²) in [6.07, 6.45) is -4.65. The lowest BCUT2D eigenvalue weighted by Crippen LogP contribution is -2.10. The van der Waals surface area contributed by atoms with E-state index < -0.39 is 34.8 Å². The molecular formula is C11H11F3O4. The molecule has 100 valence electrons. The number of phenols is 1. The fraction of sp³-hybridized carbons (Fsp3) is 0.364. The Labute approximate surface area is 101 Å². The summed E-state index contributed by atoms with van der Waals surface area (Å²) in [4.78, 5) is 11.3. The van der Waals surface area contributed by atoms with Crippen molar-refractivity contribution in [2.45, 2.75) is 13.1 Å². The number of hydrogen-bond donors (Lipinski definition) is 1. The van der Waals surface area contributed by atoms with Gasteiger partial charge in [0.1, 0.15) is 5.56 Å². The van der Waals surface area contributed by atoms with Gasteiger partial charge >= 0.3 is 12.1 Å². The topological polar surface area (TPSA) is 55.8 Å². The van der Waals surface area contributed by atoms with Gasteiger partial charge < -0.3 is 14.6 Å². The first-order valence-corrected chi connectivity index (χ1v) is 4.96. The van der Waals surface area contributed by atoms with Crippen LogP contribution in [0.4, 0.5) is 13.2 Å². The van der Waals surface area contributed by atoms with Gasteiger partial charge in [-0.25, -0.2) is 4.79 Å². The molecule has 0 aliphatic rings. The lowest BCUT2D eigenvalue weighted by Gasteiger charge is -2.13. The molecule has 4 nitrogen and oxygen atoms in total. The average molecular weight is 264 g/mol. The molecule has 0 radical (unpaired) electrons. The molecular weight excluding hydrogens is 253 g/mol. The minimum atomic E-state index is -4.65. The van der Waals surface area contributed by atoms with Gasteiger partial charge in [0.15, 0.2) is 11.5 Å². The fourth-order valence-electron chi connectivity index (χ4n) is 1.30. The Morgan fingerprint density at radius 2 is 2.00 bits per heavy atom. The third kappa shape index (κ3) is 2.85. The standard InChI is InChI=1S/C11H11F3O4/c1-3-18-8-5-6(11(12,13)14)4-7(9(8)15)10(16)17-2/h4-5,15H,3H2,1-2H3. The predicted octanol–water partition coefficient (Wildman–Crippen LogP) is 2.60. The van der Waals surface area contributed by atoms with Crippen LogP contribution in [-0.4, -0.2) is 24.8 Å². The van der Waals surface area contributed by atoms with Crippen LogP contribution in [0.15, 0.2) is 12.1 Å². The Morgan fingerprint density at radius 3 is 2.44 bits per heavy atom. The first-order valence-electron chi connectivity index (χ1n) is 4.96. The minimum Gasteiger partial charge on any atom is -0.504 e. The molecule has 1 rings (SSSR count). The second-order valence-corrected chi connectivity index (χ2v) is 3.29. The summed E-state index contributed by atoms with van der Waals surface area (Å²) in [6.45, 7) is 1.59. The molecule has 0 saturated heterocycles. The number of aromatic hydroxyl groups is 1. The smallest absolute Gasteiger partial charge is 0.416 e. The van der Waals surface area contributed by atoms with E-state index in [4.69, 9.17) is 4.74 Å². The van der Waals surface area contributed by atoms with Crippen molar-refractivity contribution in [2.75, 3.05) is 13.7 Å². The zero-order chi connectivity index (χ0) is 13.9. The molecule has 0 atom stereocenters. The van der Waals surface area contributed by atoms with Gasteiger partial charge in [-0.05, 0) is 19.1 Å². The number of carbonyl (C=O) groups excluding carboxylic acids is 1. The molecule has 0 saturated carbocycles. The summed E-state index contributed by atoms with van der Waals surface area (Å²) in [6, 6.07) is 1.15. The number of halogens is 3. The van der Waals surface area contributed by atoms with Gasteiger partial charge in [0.05, 0.1) is 19.3 Å². The van der Waals surface area contributed by atoms with Crippen LogP contribution < -0.4 is 4.74 Å². The number of alkyl halides is 3. The number of carbonyl (C=O) groups is 1. The van der Waals surface area contributed by atoms with Gasteiger partial charge in [-0.3, -0.25) is 0 Å². The van der Waals surface area contributed by atoms with Crippen LogP contribution in [0, 0.1) is 0 Å². The Kier molecular flexibility index (Phi) is 4.05. The molecule has 0 fully saturated rings. The lowest BCUT2D eigenvalue weighted by atomic mass is 10.1. The molecule has 0 unspecified atom stereocenters. The molecule has 1 aromatic carbocycles. The Morgan fingerprint density at radius 1 is 1.39 bits per heavy atom. The molecule has 0 heterocycles. The van der Waals surface area contributed by atoms with Crippen molar-refractivity contribution in [3.63, 3.8) is 0 Å². The summed E-state index contributed by atoms with van der Waals surface area (Å²) >= 11 is 0. The first kappa shape index (κ1) is 14.1. The van der Waals surface area contributed by atoms with E-state index in [1.807, 2.05) is 0 Å². The van der Waals surface area contributed by atoms with Gasteiger partial charge in [-0.2, -0.15) is 13.2 Å². The van der Waals surface area contributed by atoms with E-state index in [2.05, 4.69) is 4.74 Å². The third-order valence-electron chi connectivity index (χ3n) is 2.11. The zero-order valence-electron chi connectivity index (χ0n) is 9.67. The number of rotatable bonds is 3. The zero-order valence-corrected chi connectivity index (χ0v) is 9.67. The monoisotopic (exact) mass is 264 g/mol. The van der Waals surface area contributed by atoms with Crippen molar-refractivity contribution in [1.82, 2.24) is 0 Å². The molecule has 18 heavy (non-hydrogen) atoms. The molecule has 0 bridgehead atoms. The summed E-state index contributed by atoms with van der Waals surface area (Å²) in [5.41, 5.74) is -1.68. The molecule has 0 amide bonds. The highest BCUT2D eigenvalue weighted by molar-refractivity contribution is 5.93. The lowest BCUT2D eigenvalue weighted by molar-refractivity contribution is -0.137. The molecule has 1 aromatic rings. The van der Waals surface area contributed by atoms with E-state index >= 15 is 0 Å². The second-order valence-electron chi connectivity index (χ2n) is 3.29. The van der Waals surface area contributed by atoms with Crippen LogP contribution >= 0.6 is 0 Å². The molecule has 0 aliphatic carbocycles. The second kappa shape index (κ2) is 5.16. The largest absolute Gasteiger partial charge is 0.504 e. The number of phenolic OH excluding ortho intramolecular Hbond substituents is 1. The highest BCUT2D eigenvalue weighted by Crippen LogP contribution is 2.38. The van der Waals surface area contributed by atoms with Crippen LogP contribution in [0.2, 0.25) is 0 Å². The van der Waals surface area contributed by atoms with Gasteiger partial charge in [-0.1, -0.05) is 0 Å². The van der Waals surface area contributed by atoms with E-state index in [1.165, 1.54) is 6.92 Å². The number of esters is 1. The van der Waals surface area contributed by atoms with E-state index in [0.29, 0.717) is 12.1 Å². The average Bonchev–Trinajstić information content (AvgIpc) is 2.29. The number of ether oxygens (including phenoxy) is 2. The Bertz CT molecular complexity index is 454. The highest BCUT2D eigenvalue weighted by atomic mass is 19.4. The van der Waals surface area contributed by atoms with Crippen molar-refractivity contribution in [1.29, 1.82) is 0 Å². The van der Waals surface area contributed by atoms with Crippen molar-refractivity contribution in [3.8, 4) is 11.5 Å². The Hall–Kier alpha value is -1.92. The molecule has 1 N–H and O–H groups in total.